The van der Waals surface area contributed by atoms with Crippen molar-refractivity contribution in [3.05, 3.63) is 54.4 Å². The lowest BCUT2D eigenvalue weighted by Gasteiger charge is -2.09. The molecule has 0 aliphatic carbocycles. The molecule has 2 N–H and O–H groups in total. The molecule has 0 radical (unpaired) electrons. The summed E-state index contributed by atoms with van der Waals surface area (Å²) in [6, 6.07) is 11.5. The van der Waals surface area contributed by atoms with Crippen molar-refractivity contribution in [3.8, 4) is 5.75 Å². The van der Waals surface area contributed by atoms with Gasteiger partial charge >= 0.3 is 0 Å². The highest BCUT2D eigenvalue weighted by Gasteiger charge is 2.11. The van der Waals surface area contributed by atoms with Crippen molar-refractivity contribution in [2.45, 2.75) is 13.3 Å². The zero-order chi connectivity index (χ0) is 15.4. The Bertz CT molecular complexity index is 795. The lowest BCUT2D eigenvalue weighted by atomic mass is 10.1. The summed E-state index contributed by atoms with van der Waals surface area (Å²) in [5, 5.41) is 3.87. The van der Waals surface area contributed by atoms with Gasteiger partial charge < -0.3 is 15.0 Å². The molecule has 5 nitrogen and oxygen atoms in total. The summed E-state index contributed by atoms with van der Waals surface area (Å²) in [7, 11) is 0. The van der Waals surface area contributed by atoms with E-state index >= 15 is 0 Å². The van der Waals surface area contributed by atoms with Crippen molar-refractivity contribution in [1.82, 2.24) is 9.97 Å². The van der Waals surface area contributed by atoms with Gasteiger partial charge in [-0.1, -0.05) is 18.2 Å². The van der Waals surface area contributed by atoms with E-state index in [1.807, 2.05) is 37.4 Å². The zero-order valence-corrected chi connectivity index (χ0v) is 12.3. The molecule has 1 amide bonds. The first-order valence-electron chi connectivity index (χ1n) is 7.20. The first-order valence-corrected chi connectivity index (χ1v) is 7.20. The molecular formula is C17H17N3O2. The van der Waals surface area contributed by atoms with E-state index in [0.29, 0.717) is 18.2 Å². The number of nitrogens with zero attached hydrogens (tertiary/aromatic N) is 1. The Kier molecular flexibility index (Phi) is 4.05. The predicted molar refractivity (Wildman–Crippen MR) is 86.0 cm³/mol. The Morgan fingerprint density at radius 3 is 3.00 bits per heavy atom. The van der Waals surface area contributed by atoms with Crippen LogP contribution in [-0.4, -0.2) is 22.5 Å². The van der Waals surface area contributed by atoms with Gasteiger partial charge in [-0.3, -0.25) is 4.79 Å². The monoisotopic (exact) mass is 295 g/mol. The van der Waals surface area contributed by atoms with Crippen LogP contribution in [-0.2, 0) is 11.2 Å². The number of aromatic amines is 1. The van der Waals surface area contributed by atoms with Gasteiger partial charge in [0, 0.05) is 23.3 Å². The van der Waals surface area contributed by atoms with E-state index in [0.717, 1.165) is 16.5 Å². The fourth-order valence-electron chi connectivity index (χ4n) is 2.38. The van der Waals surface area contributed by atoms with Gasteiger partial charge in [0.2, 0.25) is 5.91 Å². The van der Waals surface area contributed by atoms with Gasteiger partial charge in [0.1, 0.15) is 0 Å². The van der Waals surface area contributed by atoms with E-state index in [1.54, 1.807) is 18.3 Å². The van der Waals surface area contributed by atoms with Crippen LogP contribution >= 0.6 is 0 Å². The molecule has 3 aromatic rings. The van der Waals surface area contributed by atoms with Crippen LogP contribution in [0.25, 0.3) is 10.9 Å². The molecule has 0 fully saturated rings. The summed E-state index contributed by atoms with van der Waals surface area (Å²) in [5.74, 6) is 0.913. The minimum absolute atomic E-state index is 0.121. The number of hydrogen-bond acceptors (Lipinski definition) is 3. The third-order valence-corrected chi connectivity index (χ3v) is 3.35. The van der Waals surface area contributed by atoms with E-state index in [9.17, 15) is 4.79 Å². The summed E-state index contributed by atoms with van der Waals surface area (Å²) in [6.07, 6.45) is 3.78. The molecule has 0 aliphatic rings. The maximum absolute atomic E-state index is 12.3. The largest absolute Gasteiger partial charge is 0.490 e. The Morgan fingerprint density at radius 1 is 1.27 bits per heavy atom. The quantitative estimate of drug-likeness (QED) is 0.760. The molecule has 0 bridgehead atoms. The van der Waals surface area contributed by atoms with Crippen molar-refractivity contribution in [1.29, 1.82) is 0 Å². The van der Waals surface area contributed by atoms with Gasteiger partial charge in [0.25, 0.3) is 0 Å². The summed E-state index contributed by atoms with van der Waals surface area (Å²) in [5.41, 5.74) is 1.99. The number of anilines is 1. The summed E-state index contributed by atoms with van der Waals surface area (Å²) < 4.78 is 5.46. The molecule has 0 saturated heterocycles. The number of hydrogen-bond donors (Lipinski definition) is 2. The number of aromatic nitrogens is 2. The first kappa shape index (κ1) is 14.1. The van der Waals surface area contributed by atoms with Crippen molar-refractivity contribution in [2.24, 2.45) is 0 Å². The van der Waals surface area contributed by atoms with Crippen LogP contribution in [0.3, 0.4) is 0 Å². The fraction of sp³-hybridized carbons (Fsp3) is 0.176. The normalized spacial score (nSPS) is 10.6. The minimum atomic E-state index is -0.121. The third-order valence-electron chi connectivity index (χ3n) is 3.35. The van der Waals surface area contributed by atoms with E-state index in [-0.39, 0.29) is 12.3 Å². The molecule has 0 atom stereocenters. The molecule has 112 valence electrons. The molecule has 3 rings (SSSR count). The van der Waals surface area contributed by atoms with Crippen LogP contribution in [0.15, 0.2) is 48.8 Å². The van der Waals surface area contributed by atoms with Crippen LogP contribution in [0, 0.1) is 0 Å². The highest BCUT2D eigenvalue weighted by atomic mass is 16.5. The van der Waals surface area contributed by atoms with Crippen LogP contribution in [0.5, 0.6) is 5.75 Å². The van der Waals surface area contributed by atoms with Gasteiger partial charge in [0.05, 0.1) is 13.0 Å². The van der Waals surface area contributed by atoms with Crippen molar-refractivity contribution < 1.29 is 9.53 Å². The number of amides is 1. The second-order valence-corrected chi connectivity index (χ2v) is 4.87. The number of nitrogens with one attached hydrogen (secondary N) is 2. The van der Waals surface area contributed by atoms with E-state index in [1.165, 1.54) is 0 Å². The lowest BCUT2D eigenvalue weighted by molar-refractivity contribution is -0.115. The number of H-pyrrole nitrogens is 1. The summed E-state index contributed by atoms with van der Waals surface area (Å²) in [6.45, 7) is 2.42. The number of fused-ring (bicyclic) bond motifs is 1. The summed E-state index contributed by atoms with van der Waals surface area (Å²) >= 11 is 0. The second kappa shape index (κ2) is 6.30. The number of pyridine rings is 1. The molecule has 0 aliphatic heterocycles. The van der Waals surface area contributed by atoms with Crippen molar-refractivity contribution in [3.63, 3.8) is 0 Å². The first-order chi connectivity index (χ1) is 10.8. The molecule has 1 aromatic carbocycles. The molecule has 0 saturated carbocycles. The fourth-order valence-corrected chi connectivity index (χ4v) is 2.38. The standard InChI is InChI=1S/C17H17N3O2/c1-2-22-15-8-5-9-18-17(15)20-16(21)10-12-11-19-14-7-4-3-6-13(12)14/h3-9,11,19H,2,10H2,1H3,(H,18,20,21). The zero-order valence-electron chi connectivity index (χ0n) is 12.3. The number of carbonyl (C=O) groups excluding carboxylic acids is 1. The number of para-hydroxylation sites is 1. The Morgan fingerprint density at radius 2 is 2.14 bits per heavy atom. The molecule has 0 spiro atoms. The predicted octanol–water partition coefficient (Wildman–Crippen LogP) is 3.14. The second-order valence-electron chi connectivity index (χ2n) is 4.87. The Labute approximate surface area is 128 Å². The van der Waals surface area contributed by atoms with Gasteiger partial charge in [0.15, 0.2) is 11.6 Å². The highest BCUT2D eigenvalue weighted by Crippen LogP contribution is 2.22. The van der Waals surface area contributed by atoms with E-state index in [2.05, 4.69) is 15.3 Å². The van der Waals surface area contributed by atoms with E-state index < -0.39 is 0 Å². The smallest absolute Gasteiger partial charge is 0.230 e. The van der Waals surface area contributed by atoms with E-state index in [4.69, 9.17) is 4.74 Å². The maximum Gasteiger partial charge on any atom is 0.230 e. The Balaban J connectivity index is 1.75. The molecule has 2 heterocycles. The van der Waals surface area contributed by atoms with Gasteiger partial charge in [-0.05, 0) is 30.7 Å². The van der Waals surface area contributed by atoms with Crippen LogP contribution in [0.1, 0.15) is 12.5 Å². The molecule has 5 heteroatoms. The number of ether oxygens (including phenoxy) is 1. The van der Waals surface area contributed by atoms with Crippen molar-refractivity contribution in [2.75, 3.05) is 11.9 Å². The van der Waals surface area contributed by atoms with Crippen molar-refractivity contribution >= 4 is 22.6 Å². The van der Waals surface area contributed by atoms with Gasteiger partial charge in [-0.15, -0.1) is 0 Å². The maximum atomic E-state index is 12.3. The van der Waals surface area contributed by atoms with Gasteiger partial charge in [-0.2, -0.15) is 0 Å². The SMILES string of the molecule is CCOc1cccnc1NC(=O)Cc1c[nH]c2ccccc12. The molecule has 2 aromatic heterocycles. The number of rotatable bonds is 5. The highest BCUT2D eigenvalue weighted by molar-refractivity contribution is 5.95. The molecule has 22 heavy (non-hydrogen) atoms. The van der Waals surface area contributed by atoms with Crippen LogP contribution in [0.4, 0.5) is 5.82 Å². The van der Waals surface area contributed by atoms with Crippen LogP contribution < -0.4 is 10.1 Å². The summed E-state index contributed by atoms with van der Waals surface area (Å²) in [4.78, 5) is 19.6. The Hall–Kier alpha value is -2.82. The number of benzene rings is 1. The van der Waals surface area contributed by atoms with Crippen LogP contribution in [0.2, 0.25) is 0 Å². The number of carbonyl (C=O) groups is 1. The third kappa shape index (κ3) is 2.93. The van der Waals surface area contributed by atoms with Gasteiger partial charge in [-0.25, -0.2) is 4.98 Å². The topological polar surface area (TPSA) is 67.0 Å². The lowest BCUT2D eigenvalue weighted by Crippen LogP contribution is -2.16. The molecule has 0 unspecified atom stereocenters. The minimum Gasteiger partial charge on any atom is -0.490 e. The average Bonchev–Trinajstić information content (AvgIpc) is 2.93. The molecular weight excluding hydrogens is 278 g/mol. The average molecular weight is 295 g/mol.